The van der Waals surface area contributed by atoms with Gasteiger partial charge in [0.2, 0.25) is 5.91 Å². The van der Waals surface area contributed by atoms with Crippen molar-refractivity contribution in [1.29, 1.82) is 0 Å². The molecule has 0 spiro atoms. The maximum absolute atomic E-state index is 12.8. The Labute approximate surface area is 188 Å². The van der Waals surface area contributed by atoms with Crippen LogP contribution in [0.4, 0.5) is 5.69 Å². The Bertz CT molecular complexity index is 1000. The molecule has 2 heterocycles. The molecule has 10 heteroatoms. The first-order chi connectivity index (χ1) is 15.5. The summed E-state index contributed by atoms with van der Waals surface area (Å²) < 4.78 is 39.5. The molecule has 4 rings (SSSR count). The maximum atomic E-state index is 12.8. The number of para-hydroxylation sites is 1. The molecule has 2 fully saturated rings. The van der Waals surface area contributed by atoms with Gasteiger partial charge < -0.3 is 14.8 Å². The van der Waals surface area contributed by atoms with Crippen LogP contribution in [0.3, 0.4) is 0 Å². The van der Waals surface area contributed by atoms with Crippen LogP contribution in [0.25, 0.3) is 0 Å². The SMILES string of the molecule is O=C(CN1CCN(S(=O)(=O)N2CCOCC2)CC1)Nc1cccc(Oc2ccccc2)c1. The molecule has 1 amide bonds. The number of piperazine rings is 1. The normalized spacial score (nSPS) is 18.9. The Morgan fingerprint density at radius 1 is 0.875 bits per heavy atom. The predicted octanol–water partition coefficient (Wildman–Crippen LogP) is 1.61. The van der Waals surface area contributed by atoms with E-state index in [1.165, 1.54) is 8.61 Å². The quantitative estimate of drug-likeness (QED) is 0.675. The van der Waals surface area contributed by atoms with Gasteiger partial charge in [0, 0.05) is 51.0 Å². The van der Waals surface area contributed by atoms with E-state index in [9.17, 15) is 13.2 Å². The van der Waals surface area contributed by atoms with Crippen molar-refractivity contribution < 1.29 is 22.7 Å². The topological polar surface area (TPSA) is 91.4 Å². The van der Waals surface area contributed by atoms with E-state index in [4.69, 9.17) is 9.47 Å². The number of hydrogen-bond acceptors (Lipinski definition) is 6. The summed E-state index contributed by atoms with van der Waals surface area (Å²) in [5, 5.41) is 2.89. The fourth-order valence-corrected chi connectivity index (χ4v) is 5.29. The predicted molar refractivity (Wildman–Crippen MR) is 121 cm³/mol. The third kappa shape index (κ3) is 5.84. The highest BCUT2D eigenvalue weighted by Crippen LogP contribution is 2.24. The Kier molecular flexibility index (Phi) is 7.38. The van der Waals surface area contributed by atoms with E-state index in [0.717, 1.165) is 5.75 Å². The molecule has 172 valence electrons. The molecule has 1 N–H and O–H groups in total. The zero-order valence-corrected chi connectivity index (χ0v) is 18.7. The highest BCUT2D eigenvalue weighted by Gasteiger charge is 2.33. The molecule has 0 atom stereocenters. The fourth-order valence-electron chi connectivity index (χ4n) is 3.72. The lowest BCUT2D eigenvalue weighted by molar-refractivity contribution is -0.117. The summed E-state index contributed by atoms with van der Waals surface area (Å²) in [6.07, 6.45) is 0. The van der Waals surface area contributed by atoms with E-state index in [1.807, 2.05) is 53.4 Å². The molecular formula is C22H28N4O5S. The molecule has 0 unspecified atom stereocenters. The lowest BCUT2D eigenvalue weighted by atomic mass is 10.3. The van der Waals surface area contributed by atoms with Gasteiger partial charge >= 0.3 is 0 Å². The molecule has 0 bridgehead atoms. The van der Waals surface area contributed by atoms with Crippen molar-refractivity contribution in [2.75, 3.05) is 64.3 Å². The van der Waals surface area contributed by atoms with Crippen molar-refractivity contribution >= 4 is 21.8 Å². The number of carbonyl (C=O) groups excluding carboxylic acids is 1. The first-order valence-electron chi connectivity index (χ1n) is 10.7. The average Bonchev–Trinajstić information content (AvgIpc) is 2.81. The maximum Gasteiger partial charge on any atom is 0.282 e. The Morgan fingerprint density at radius 3 is 2.25 bits per heavy atom. The van der Waals surface area contributed by atoms with Gasteiger partial charge in [-0.3, -0.25) is 9.69 Å². The minimum atomic E-state index is -3.47. The first kappa shape index (κ1) is 22.7. The minimum absolute atomic E-state index is 0.147. The molecule has 0 saturated carbocycles. The van der Waals surface area contributed by atoms with E-state index in [-0.39, 0.29) is 12.5 Å². The average molecular weight is 461 g/mol. The number of anilines is 1. The van der Waals surface area contributed by atoms with Crippen LogP contribution in [-0.4, -0.2) is 86.9 Å². The van der Waals surface area contributed by atoms with Gasteiger partial charge in [0.25, 0.3) is 10.2 Å². The summed E-state index contributed by atoms with van der Waals surface area (Å²) in [7, 11) is -3.47. The summed E-state index contributed by atoms with van der Waals surface area (Å²) in [5.41, 5.74) is 0.650. The van der Waals surface area contributed by atoms with Gasteiger partial charge in [-0.1, -0.05) is 24.3 Å². The second kappa shape index (κ2) is 10.4. The molecule has 2 saturated heterocycles. The van der Waals surface area contributed by atoms with Gasteiger partial charge in [-0.15, -0.1) is 0 Å². The molecule has 2 aromatic rings. The van der Waals surface area contributed by atoms with Crippen LogP contribution < -0.4 is 10.1 Å². The van der Waals surface area contributed by atoms with Gasteiger partial charge in [-0.05, 0) is 24.3 Å². The van der Waals surface area contributed by atoms with Gasteiger partial charge in [0.1, 0.15) is 11.5 Å². The molecule has 2 aromatic carbocycles. The van der Waals surface area contributed by atoms with Crippen molar-refractivity contribution in [3.05, 3.63) is 54.6 Å². The molecule has 32 heavy (non-hydrogen) atoms. The lowest BCUT2D eigenvalue weighted by Gasteiger charge is -2.37. The summed E-state index contributed by atoms with van der Waals surface area (Å²) in [4.78, 5) is 14.5. The number of amides is 1. The molecule has 0 aromatic heterocycles. The Balaban J connectivity index is 1.26. The van der Waals surface area contributed by atoms with Crippen LogP contribution in [0, 0.1) is 0 Å². The third-order valence-electron chi connectivity index (χ3n) is 5.42. The second-order valence-electron chi connectivity index (χ2n) is 7.69. The van der Waals surface area contributed by atoms with Crippen LogP contribution in [0.15, 0.2) is 54.6 Å². The largest absolute Gasteiger partial charge is 0.457 e. The fraction of sp³-hybridized carbons (Fsp3) is 0.409. The van der Waals surface area contributed by atoms with Gasteiger partial charge in [-0.25, -0.2) is 0 Å². The summed E-state index contributed by atoms with van der Waals surface area (Å²) >= 11 is 0. The number of hydrogen-bond donors (Lipinski definition) is 1. The monoisotopic (exact) mass is 460 g/mol. The van der Waals surface area contributed by atoms with Gasteiger partial charge in [-0.2, -0.15) is 17.0 Å². The van der Waals surface area contributed by atoms with Crippen molar-refractivity contribution in [2.45, 2.75) is 0 Å². The van der Waals surface area contributed by atoms with Crippen molar-refractivity contribution in [1.82, 2.24) is 13.5 Å². The number of rotatable bonds is 7. The van der Waals surface area contributed by atoms with Crippen molar-refractivity contribution in [2.24, 2.45) is 0 Å². The molecule has 9 nitrogen and oxygen atoms in total. The number of nitrogens with one attached hydrogen (secondary N) is 1. The van der Waals surface area contributed by atoms with Crippen LogP contribution in [-0.2, 0) is 19.7 Å². The van der Waals surface area contributed by atoms with E-state index in [0.29, 0.717) is 63.9 Å². The number of morpholine rings is 1. The van der Waals surface area contributed by atoms with E-state index in [2.05, 4.69) is 5.32 Å². The summed E-state index contributed by atoms with van der Waals surface area (Å²) in [6.45, 7) is 3.59. The molecule has 2 aliphatic heterocycles. The first-order valence-corrected chi connectivity index (χ1v) is 12.1. The standard InChI is InChI=1S/C22H28N4O5S/c27-22(23-19-5-4-8-21(17-19)31-20-6-2-1-3-7-20)18-24-9-11-25(12-10-24)32(28,29)26-13-15-30-16-14-26/h1-8,17H,9-16,18H2,(H,23,27). The highest BCUT2D eigenvalue weighted by molar-refractivity contribution is 7.86. The van der Waals surface area contributed by atoms with Gasteiger partial charge in [0.05, 0.1) is 19.8 Å². The Hall–Kier alpha value is -2.50. The number of ether oxygens (including phenoxy) is 2. The van der Waals surface area contributed by atoms with Crippen LogP contribution in [0.2, 0.25) is 0 Å². The summed E-state index contributed by atoms with van der Waals surface area (Å²) in [5.74, 6) is 1.21. The lowest BCUT2D eigenvalue weighted by Crippen LogP contribution is -2.55. The molecule has 2 aliphatic rings. The minimum Gasteiger partial charge on any atom is -0.457 e. The van der Waals surface area contributed by atoms with Crippen molar-refractivity contribution in [3.8, 4) is 11.5 Å². The second-order valence-corrected chi connectivity index (χ2v) is 9.61. The van der Waals surface area contributed by atoms with Crippen molar-refractivity contribution in [3.63, 3.8) is 0 Å². The zero-order valence-electron chi connectivity index (χ0n) is 17.9. The highest BCUT2D eigenvalue weighted by atomic mass is 32.2. The number of carbonyl (C=O) groups is 1. The van der Waals surface area contributed by atoms with Gasteiger partial charge in [0.15, 0.2) is 0 Å². The van der Waals surface area contributed by atoms with E-state index in [1.54, 1.807) is 6.07 Å². The smallest absolute Gasteiger partial charge is 0.282 e. The van der Waals surface area contributed by atoms with Crippen LogP contribution in [0.1, 0.15) is 0 Å². The Morgan fingerprint density at radius 2 is 1.53 bits per heavy atom. The zero-order chi connectivity index (χ0) is 22.4. The third-order valence-corrected chi connectivity index (χ3v) is 7.45. The molecule has 0 aliphatic carbocycles. The van der Waals surface area contributed by atoms with E-state index < -0.39 is 10.2 Å². The number of nitrogens with zero attached hydrogens (tertiary/aromatic N) is 3. The van der Waals surface area contributed by atoms with Crippen LogP contribution in [0.5, 0.6) is 11.5 Å². The molecule has 0 radical (unpaired) electrons. The molecular weight excluding hydrogens is 432 g/mol. The van der Waals surface area contributed by atoms with Crippen LogP contribution >= 0.6 is 0 Å². The van der Waals surface area contributed by atoms with E-state index >= 15 is 0 Å². The number of benzene rings is 2. The summed E-state index contributed by atoms with van der Waals surface area (Å²) in [6, 6.07) is 16.7.